The van der Waals surface area contributed by atoms with E-state index in [-0.39, 0.29) is 5.69 Å². The number of hydrogen-bond acceptors (Lipinski definition) is 0. The first kappa shape index (κ1) is 12.0. The van der Waals surface area contributed by atoms with Gasteiger partial charge in [-0.3, -0.25) is 4.90 Å². The maximum absolute atomic E-state index is 13.3. The molecule has 0 bridgehead atoms. The second-order valence-electron chi connectivity index (χ2n) is 3.44. The molecule has 0 saturated heterocycles. The average molecular weight is 218 g/mol. The molecule has 0 fully saturated rings. The van der Waals surface area contributed by atoms with Crippen molar-refractivity contribution in [2.45, 2.75) is 19.8 Å². The van der Waals surface area contributed by atoms with Crippen LogP contribution in [-0.2, 0) is 0 Å². The van der Waals surface area contributed by atoms with E-state index in [2.05, 4.69) is 0 Å². The highest BCUT2D eigenvalue weighted by molar-refractivity contribution is 5.31. The second kappa shape index (κ2) is 5.75. The normalized spacial score (nSPS) is 12.8. The lowest BCUT2D eigenvalue weighted by atomic mass is 10.2. The lowest BCUT2D eigenvalue weighted by molar-refractivity contribution is -0.848. The van der Waals surface area contributed by atoms with E-state index in [1.54, 1.807) is 0 Å². The van der Waals surface area contributed by atoms with Crippen LogP contribution in [0.5, 0.6) is 0 Å². The molecule has 84 valence electrons. The molecule has 0 aliphatic heterocycles. The van der Waals surface area contributed by atoms with Gasteiger partial charge in [-0.1, -0.05) is 19.4 Å². The number of benzene rings is 1. The highest BCUT2D eigenvalue weighted by atomic mass is 19.2. The molecule has 1 atom stereocenters. The Labute approximate surface area is 87.5 Å². The summed E-state index contributed by atoms with van der Waals surface area (Å²) in [6.07, 6.45) is 1.69. The molecule has 1 unspecified atom stereocenters. The molecule has 0 aliphatic carbocycles. The Balaban J connectivity index is 2.86. The molecule has 0 saturated carbocycles. The summed E-state index contributed by atoms with van der Waals surface area (Å²) in [6, 6.07) is 3.85. The summed E-state index contributed by atoms with van der Waals surface area (Å²) < 4.78 is 38.8. The van der Waals surface area contributed by atoms with Gasteiger partial charge in [0.05, 0.1) is 6.54 Å². The van der Waals surface area contributed by atoms with Gasteiger partial charge < -0.3 is 0 Å². The predicted octanol–water partition coefficient (Wildman–Crippen LogP) is 2.21. The van der Waals surface area contributed by atoms with Crippen LogP contribution in [0.15, 0.2) is 18.2 Å². The van der Waals surface area contributed by atoms with Gasteiger partial charge in [0.15, 0.2) is 11.5 Å². The van der Waals surface area contributed by atoms with Crippen LogP contribution in [0.4, 0.5) is 18.9 Å². The number of rotatable bonds is 5. The smallest absolute Gasteiger partial charge is 0.225 e. The van der Waals surface area contributed by atoms with E-state index in [1.807, 2.05) is 6.92 Å². The lowest BCUT2D eigenvalue weighted by Crippen LogP contribution is -3.06. The van der Waals surface area contributed by atoms with Gasteiger partial charge in [-0.25, -0.2) is 4.39 Å². The van der Waals surface area contributed by atoms with Crippen molar-refractivity contribution in [3.05, 3.63) is 29.8 Å². The van der Waals surface area contributed by atoms with Gasteiger partial charge in [-0.2, -0.15) is 8.78 Å². The van der Waals surface area contributed by atoms with Gasteiger partial charge in [0.2, 0.25) is 12.6 Å². The number of halogens is 3. The minimum atomic E-state index is -0.943. The fourth-order valence-corrected chi connectivity index (χ4v) is 1.44. The van der Waals surface area contributed by atoms with Gasteiger partial charge in [0.1, 0.15) is 0 Å². The molecule has 0 aliphatic rings. The Kier molecular flexibility index (Phi) is 4.62. The average Bonchev–Trinajstić information content (AvgIpc) is 2.25. The standard InChI is InChI=1S/C11H14F3N/c1-2-3-7-15(8-12)10-6-4-5-9(13)11(10)14/h4-6H,2-3,7-8H2,1H3/p+1. The first-order valence-corrected chi connectivity index (χ1v) is 5.05. The van der Waals surface area contributed by atoms with Gasteiger partial charge in [0, 0.05) is 6.07 Å². The summed E-state index contributed by atoms with van der Waals surface area (Å²) in [7, 11) is 0. The molecule has 0 spiro atoms. The number of quaternary nitrogens is 1. The van der Waals surface area contributed by atoms with E-state index in [1.165, 1.54) is 12.1 Å². The van der Waals surface area contributed by atoms with Crippen molar-refractivity contribution in [3.8, 4) is 0 Å². The molecule has 0 heterocycles. The molecular formula is C11H15F3N+. The first-order chi connectivity index (χ1) is 7.20. The maximum atomic E-state index is 13.3. The van der Waals surface area contributed by atoms with Crippen LogP contribution < -0.4 is 4.90 Å². The Morgan fingerprint density at radius 3 is 2.60 bits per heavy atom. The molecule has 0 aromatic heterocycles. The third kappa shape index (κ3) is 2.96. The molecule has 15 heavy (non-hydrogen) atoms. The molecule has 1 aromatic carbocycles. The monoisotopic (exact) mass is 218 g/mol. The summed E-state index contributed by atoms with van der Waals surface area (Å²) in [5.41, 5.74) is 0.0750. The van der Waals surface area contributed by atoms with E-state index >= 15 is 0 Å². The summed E-state index contributed by atoms with van der Waals surface area (Å²) in [5.74, 6) is -1.86. The largest absolute Gasteiger partial charge is 0.274 e. The molecular weight excluding hydrogens is 203 g/mol. The van der Waals surface area contributed by atoms with Crippen molar-refractivity contribution in [3.63, 3.8) is 0 Å². The predicted molar refractivity (Wildman–Crippen MR) is 52.7 cm³/mol. The zero-order chi connectivity index (χ0) is 11.3. The SMILES string of the molecule is CCCC[NH+](CF)c1cccc(F)c1F. The molecule has 1 rings (SSSR count). The fraction of sp³-hybridized carbons (Fsp3) is 0.455. The fourth-order valence-electron chi connectivity index (χ4n) is 1.44. The van der Waals surface area contributed by atoms with Crippen LogP contribution >= 0.6 is 0 Å². The Morgan fingerprint density at radius 2 is 2.00 bits per heavy atom. The zero-order valence-electron chi connectivity index (χ0n) is 8.69. The van der Waals surface area contributed by atoms with Crippen molar-refractivity contribution in [2.75, 3.05) is 13.3 Å². The number of alkyl halides is 1. The Bertz CT molecular complexity index is 315. The summed E-state index contributed by atoms with van der Waals surface area (Å²) in [5, 5.41) is 0. The van der Waals surface area contributed by atoms with Crippen molar-refractivity contribution in [2.24, 2.45) is 0 Å². The quantitative estimate of drug-likeness (QED) is 0.723. The van der Waals surface area contributed by atoms with Crippen LogP contribution in [-0.4, -0.2) is 13.3 Å². The molecule has 1 N–H and O–H groups in total. The third-order valence-corrected chi connectivity index (χ3v) is 2.33. The van der Waals surface area contributed by atoms with Crippen molar-refractivity contribution >= 4 is 5.69 Å². The van der Waals surface area contributed by atoms with Crippen molar-refractivity contribution < 1.29 is 18.1 Å². The van der Waals surface area contributed by atoms with Gasteiger partial charge in [-0.15, -0.1) is 0 Å². The molecule has 0 amide bonds. The van der Waals surface area contributed by atoms with Crippen LogP contribution in [0.1, 0.15) is 19.8 Å². The van der Waals surface area contributed by atoms with E-state index < -0.39 is 18.4 Å². The van der Waals surface area contributed by atoms with E-state index in [9.17, 15) is 13.2 Å². The topological polar surface area (TPSA) is 4.44 Å². The van der Waals surface area contributed by atoms with Crippen LogP contribution in [0.2, 0.25) is 0 Å². The number of unbranched alkanes of at least 4 members (excludes halogenated alkanes) is 1. The Morgan fingerprint density at radius 1 is 1.27 bits per heavy atom. The highest BCUT2D eigenvalue weighted by Crippen LogP contribution is 2.12. The van der Waals surface area contributed by atoms with Crippen molar-refractivity contribution in [1.29, 1.82) is 0 Å². The van der Waals surface area contributed by atoms with E-state index in [0.717, 1.165) is 18.9 Å². The van der Waals surface area contributed by atoms with Gasteiger partial charge in [0.25, 0.3) is 0 Å². The number of hydrogen-bond donors (Lipinski definition) is 1. The highest BCUT2D eigenvalue weighted by Gasteiger charge is 2.18. The minimum Gasteiger partial charge on any atom is -0.274 e. The Hall–Kier alpha value is -1.03. The molecule has 1 aromatic rings. The van der Waals surface area contributed by atoms with Gasteiger partial charge in [-0.05, 0) is 12.5 Å². The molecule has 0 radical (unpaired) electrons. The zero-order valence-corrected chi connectivity index (χ0v) is 8.69. The summed E-state index contributed by atoms with van der Waals surface area (Å²) >= 11 is 0. The van der Waals surface area contributed by atoms with E-state index in [0.29, 0.717) is 11.4 Å². The number of nitrogens with one attached hydrogen (secondary N) is 1. The maximum Gasteiger partial charge on any atom is 0.225 e. The first-order valence-electron chi connectivity index (χ1n) is 5.05. The lowest BCUT2D eigenvalue weighted by Gasteiger charge is -2.15. The van der Waals surface area contributed by atoms with Crippen LogP contribution in [0.25, 0.3) is 0 Å². The minimum absolute atomic E-state index is 0.0750. The summed E-state index contributed by atoms with van der Waals surface area (Å²) in [6.45, 7) is 1.73. The van der Waals surface area contributed by atoms with Gasteiger partial charge >= 0.3 is 0 Å². The van der Waals surface area contributed by atoms with Crippen molar-refractivity contribution in [1.82, 2.24) is 0 Å². The van der Waals surface area contributed by atoms with Crippen LogP contribution in [0.3, 0.4) is 0 Å². The second-order valence-corrected chi connectivity index (χ2v) is 3.44. The van der Waals surface area contributed by atoms with Crippen LogP contribution in [0, 0.1) is 11.6 Å². The molecule has 4 heteroatoms. The molecule has 1 nitrogen and oxygen atoms in total. The van der Waals surface area contributed by atoms with E-state index in [4.69, 9.17) is 0 Å². The summed E-state index contributed by atoms with van der Waals surface area (Å²) in [4.78, 5) is 0.342. The third-order valence-electron chi connectivity index (χ3n) is 2.33.